The molecular weight excluding hydrogens is 298 g/mol. The first-order valence-corrected chi connectivity index (χ1v) is 7.77. The van der Waals surface area contributed by atoms with Crippen LogP contribution in [0.5, 0.6) is 0 Å². The van der Waals surface area contributed by atoms with Gasteiger partial charge in [-0.15, -0.1) is 0 Å². The number of hydrogen-bond donors (Lipinski definition) is 0. The van der Waals surface area contributed by atoms with Gasteiger partial charge in [0.2, 0.25) is 5.90 Å². The number of carbonyl (C=O) groups is 1. The molecule has 3 aromatic carbocycles. The number of carbonyl (C=O) groups excluding carboxylic acids is 1. The molecule has 0 N–H and O–H groups in total. The lowest BCUT2D eigenvalue weighted by atomic mass is 10.1. The Morgan fingerprint density at radius 3 is 2.46 bits per heavy atom. The van der Waals surface area contributed by atoms with E-state index in [0.29, 0.717) is 11.6 Å². The quantitative estimate of drug-likeness (QED) is 0.516. The average Bonchev–Trinajstić information content (AvgIpc) is 2.96. The molecule has 4 rings (SSSR count). The van der Waals surface area contributed by atoms with Gasteiger partial charge in [-0.3, -0.25) is 0 Å². The summed E-state index contributed by atoms with van der Waals surface area (Å²) in [7, 11) is 0. The van der Waals surface area contributed by atoms with Crippen molar-refractivity contribution >= 4 is 28.7 Å². The molecule has 0 bridgehead atoms. The minimum atomic E-state index is -0.418. The molecule has 1 aliphatic rings. The molecule has 24 heavy (non-hydrogen) atoms. The molecule has 1 aliphatic heterocycles. The number of esters is 1. The molecule has 3 aromatic rings. The minimum Gasteiger partial charge on any atom is -0.402 e. The lowest BCUT2D eigenvalue weighted by Gasteiger charge is -1.99. The van der Waals surface area contributed by atoms with E-state index in [1.807, 2.05) is 67.6 Å². The lowest BCUT2D eigenvalue weighted by Crippen LogP contribution is -2.05. The number of hydrogen-bond acceptors (Lipinski definition) is 3. The van der Waals surface area contributed by atoms with Crippen LogP contribution in [-0.2, 0) is 9.53 Å². The summed E-state index contributed by atoms with van der Waals surface area (Å²) in [6, 6.07) is 21.9. The van der Waals surface area contributed by atoms with E-state index in [0.717, 1.165) is 27.5 Å². The van der Waals surface area contributed by atoms with Crippen LogP contribution in [0.1, 0.15) is 16.7 Å². The Morgan fingerprint density at radius 1 is 0.917 bits per heavy atom. The molecule has 0 unspecified atom stereocenters. The van der Waals surface area contributed by atoms with Crippen molar-refractivity contribution in [1.29, 1.82) is 0 Å². The van der Waals surface area contributed by atoms with E-state index >= 15 is 0 Å². The second-order valence-corrected chi connectivity index (χ2v) is 5.81. The summed E-state index contributed by atoms with van der Waals surface area (Å²) in [5.74, 6) is -0.0641. The number of cyclic esters (lactones) is 1. The lowest BCUT2D eigenvalue weighted by molar-refractivity contribution is -0.129. The van der Waals surface area contributed by atoms with E-state index in [1.165, 1.54) is 0 Å². The highest BCUT2D eigenvalue weighted by atomic mass is 16.6. The second-order valence-electron chi connectivity index (χ2n) is 5.81. The number of nitrogens with zero attached hydrogens (tertiary/aromatic N) is 1. The van der Waals surface area contributed by atoms with Crippen molar-refractivity contribution in [3.8, 4) is 0 Å². The first-order valence-electron chi connectivity index (χ1n) is 7.77. The van der Waals surface area contributed by atoms with Gasteiger partial charge in [0, 0.05) is 5.56 Å². The van der Waals surface area contributed by atoms with Gasteiger partial charge in [0.15, 0.2) is 5.70 Å². The fraction of sp³-hybridized carbons (Fsp3) is 0.0476. The van der Waals surface area contributed by atoms with E-state index in [1.54, 1.807) is 6.08 Å². The third-order valence-corrected chi connectivity index (χ3v) is 4.00. The molecule has 3 nitrogen and oxygen atoms in total. The number of ether oxygens (including phenoxy) is 1. The first-order chi connectivity index (χ1) is 11.7. The van der Waals surface area contributed by atoms with Crippen molar-refractivity contribution in [3.05, 3.63) is 89.1 Å². The van der Waals surface area contributed by atoms with Crippen LogP contribution in [0.3, 0.4) is 0 Å². The second kappa shape index (κ2) is 5.78. The Balaban J connectivity index is 1.70. The molecule has 0 atom stereocenters. The van der Waals surface area contributed by atoms with Crippen molar-refractivity contribution in [3.63, 3.8) is 0 Å². The Morgan fingerprint density at radius 2 is 1.67 bits per heavy atom. The summed E-state index contributed by atoms with van der Waals surface area (Å²) in [4.78, 5) is 16.4. The summed E-state index contributed by atoms with van der Waals surface area (Å²) in [6.07, 6.45) is 1.76. The zero-order chi connectivity index (χ0) is 16.5. The maximum Gasteiger partial charge on any atom is 0.363 e. The van der Waals surface area contributed by atoms with Crippen LogP contribution in [0.4, 0.5) is 0 Å². The van der Waals surface area contributed by atoms with Crippen molar-refractivity contribution in [2.45, 2.75) is 6.92 Å². The summed E-state index contributed by atoms with van der Waals surface area (Å²) in [5, 5.41) is 2.29. The normalized spacial score (nSPS) is 15.6. The van der Waals surface area contributed by atoms with Gasteiger partial charge in [0.05, 0.1) is 0 Å². The molecule has 0 saturated carbocycles. The number of aryl methyl sites for hydroxylation is 1. The monoisotopic (exact) mass is 313 g/mol. The molecule has 0 radical (unpaired) electrons. The third-order valence-electron chi connectivity index (χ3n) is 4.00. The Labute approximate surface area is 139 Å². The molecule has 116 valence electrons. The largest absolute Gasteiger partial charge is 0.402 e. The number of fused-ring (bicyclic) bond motifs is 1. The van der Waals surface area contributed by atoms with Gasteiger partial charge in [0.25, 0.3) is 0 Å². The fourth-order valence-corrected chi connectivity index (χ4v) is 2.68. The predicted molar refractivity (Wildman–Crippen MR) is 95.7 cm³/mol. The van der Waals surface area contributed by atoms with Gasteiger partial charge < -0.3 is 4.74 Å². The van der Waals surface area contributed by atoms with E-state index < -0.39 is 5.97 Å². The van der Waals surface area contributed by atoms with Crippen LogP contribution in [0.25, 0.3) is 16.8 Å². The van der Waals surface area contributed by atoms with Gasteiger partial charge in [-0.2, -0.15) is 0 Å². The summed E-state index contributed by atoms with van der Waals surface area (Å²) >= 11 is 0. The topological polar surface area (TPSA) is 38.7 Å². The Hall–Kier alpha value is -3.20. The fourth-order valence-electron chi connectivity index (χ4n) is 2.68. The molecule has 0 fully saturated rings. The molecule has 1 heterocycles. The van der Waals surface area contributed by atoms with Crippen molar-refractivity contribution in [2.75, 3.05) is 0 Å². The first kappa shape index (κ1) is 14.4. The number of rotatable bonds is 2. The standard InChI is InChI=1S/C21H15NO2/c1-14-6-9-17(10-7-14)20-22-19(21(23)24-20)13-15-8-11-16-4-2-3-5-18(16)12-15/h2-13H,1H3/b19-13+. The SMILES string of the molecule is Cc1ccc(C2=N/C(=C/c3ccc4ccccc4c3)C(=O)O2)cc1. The third kappa shape index (κ3) is 2.72. The van der Waals surface area contributed by atoms with Crippen molar-refractivity contribution in [1.82, 2.24) is 0 Å². The van der Waals surface area contributed by atoms with Crippen LogP contribution in [-0.4, -0.2) is 11.9 Å². The molecule has 0 saturated heterocycles. The Kier molecular flexibility index (Phi) is 3.47. The van der Waals surface area contributed by atoms with E-state index in [9.17, 15) is 4.79 Å². The molecular formula is C21H15NO2. The van der Waals surface area contributed by atoms with Crippen LogP contribution in [0.15, 0.2) is 77.4 Å². The van der Waals surface area contributed by atoms with E-state index in [4.69, 9.17) is 4.74 Å². The number of benzene rings is 3. The zero-order valence-electron chi connectivity index (χ0n) is 13.2. The van der Waals surface area contributed by atoms with Crippen LogP contribution in [0, 0.1) is 6.92 Å². The number of aliphatic imine (C=N–C) groups is 1. The summed E-state index contributed by atoms with van der Waals surface area (Å²) in [5.41, 5.74) is 3.20. The molecule has 0 amide bonds. The van der Waals surface area contributed by atoms with E-state index in [2.05, 4.69) is 11.1 Å². The predicted octanol–water partition coefficient (Wildman–Crippen LogP) is 4.49. The molecule has 0 spiro atoms. The highest BCUT2D eigenvalue weighted by Crippen LogP contribution is 2.22. The van der Waals surface area contributed by atoms with E-state index in [-0.39, 0.29) is 0 Å². The smallest absolute Gasteiger partial charge is 0.363 e. The van der Waals surface area contributed by atoms with Crippen molar-refractivity contribution < 1.29 is 9.53 Å². The minimum absolute atomic E-state index is 0.320. The van der Waals surface area contributed by atoms with Gasteiger partial charge in [-0.1, -0.05) is 54.1 Å². The van der Waals surface area contributed by atoms with Gasteiger partial charge in [0.1, 0.15) is 0 Å². The van der Waals surface area contributed by atoms with Gasteiger partial charge in [-0.25, -0.2) is 9.79 Å². The van der Waals surface area contributed by atoms with Gasteiger partial charge in [-0.05, 0) is 47.5 Å². The summed E-state index contributed by atoms with van der Waals surface area (Å²) in [6.45, 7) is 2.01. The molecule has 0 aliphatic carbocycles. The maximum atomic E-state index is 12.1. The van der Waals surface area contributed by atoms with Gasteiger partial charge >= 0.3 is 5.97 Å². The van der Waals surface area contributed by atoms with Crippen molar-refractivity contribution in [2.24, 2.45) is 4.99 Å². The average molecular weight is 313 g/mol. The zero-order valence-corrected chi connectivity index (χ0v) is 13.2. The highest BCUT2D eigenvalue weighted by molar-refractivity contribution is 6.13. The summed E-state index contributed by atoms with van der Waals surface area (Å²) < 4.78 is 5.30. The van der Waals surface area contributed by atoms with Crippen LogP contribution in [0.2, 0.25) is 0 Å². The maximum absolute atomic E-state index is 12.1. The highest BCUT2D eigenvalue weighted by Gasteiger charge is 2.23. The Bertz CT molecular complexity index is 998. The van der Waals surface area contributed by atoms with Crippen LogP contribution >= 0.6 is 0 Å². The molecule has 0 aromatic heterocycles. The molecule has 3 heteroatoms. The van der Waals surface area contributed by atoms with Crippen LogP contribution < -0.4 is 0 Å².